The van der Waals surface area contributed by atoms with E-state index in [1.807, 2.05) is 31.2 Å². The summed E-state index contributed by atoms with van der Waals surface area (Å²) in [6.45, 7) is 1.88. The Morgan fingerprint density at radius 1 is 1.14 bits per heavy atom. The average Bonchev–Trinajstić information content (AvgIpc) is 2.47. The molecule has 0 saturated carbocycles. The smallest absolute Gasteiger partial charge is 0.220 e. The van der Waals surface area contributed by atoms with E-state index in [1.165, 1.54) is 12.1 Å². The largest absolute Gasteiger partial charge is 0.399 e. The molecule has 0 saturated heterocycles. The van der Waals surface area contributed by atoms with Gasteiger partial charge in [-0.1, -0.05) is 24.3 Å². The maximum atomic E-state index is 12.9. The molecule has 0 aliphatic carbocycles. The summed E-state index contributed by atoms with van der Waals surface area (Å²) in [6.07, 6.45) is 1.08. The number of halogens is 1. The molecule has 0 unspecified atom stereocenters. The van der Waals surface area contributed by atoms with Crippen LogP contribution in [0.1, 0.15) is 30.5 Å². The number of hydrogen-bond acceptors (Lipinski definition) is 2. The summed E-state index contributed by atoms with van der Waals surface area (Å²) in [4.78, 5) is 11.9. The molecular formula is C17H19FN2O. The summed E-state index contributed by atoms with van der Waals surface area (Å²) < 4.78 is 12.9. The van der Waals surface area contributed by atoms with Gasteiger partial charge in [0.1, 0.15) is 5.82 Å². The van der Waals surface area contributed by atoms with Crippen LogP contribution in [0.15, 0.2) is 48.5 Å². The molecule has 2 aromatic rings. The van der Waals surface area contributed by atoms with Crippen molar-refractivity contribution in [2.75, 3.05) is 5.73 Å². The van der Waals surface area contributed by atoms with Crippen molar-refractivity contribution in [2.24, 2.45) is 0 Å². The molecule has 0 spiro atoms. The third-order valence-corrected chi connectivity index (χ3v) is 3.37. The minimum absolute atomic E-state index is 0.0244. The van der Waals surface area contributed by atoms with Crippen LogP contribution in [0.25, 0.3) is 0 Å². The highest BCUT2D eigenvalue weighted by atomic mass is 19.1. The summed E-state index contributed by atoms with van der Waals surface area (Å²) in [6, 6.07) is 13.5. The van der Waals surface area contributed by atoms with Gasteiger partial charge in [0.05, 0.1) is 6.04 Å². The number of anilines is 1. The minimum Gasteiger partial charge on any atom is -0.399 e. The van der Waals surface area contributed by atoms with Gasteiger partial charge in [-0.15, -0.1) is 0 Å². The number of rotatable bonds is 5. The molecular weight excluding hydrogens is 267 g/mol. The summed E-state index contributed by atoms with van der Waals surface area (Å²) in [5, 5.41) is 2.91. The van der Waals surface area contributed by atoms with Gasteiger partial charge in [-0.25, -0.2) is 4.39 Å². The highest BCUT2D eigenvalue weighted by Gasteiger charge is 2.09. The van der Waals surface area contributed by atoms with Crippen LogP contribution in [0.4, 0.5) is 10.1 Å². The lowest BCUT2D eigenvalue weighted by molar-refractivity contribution is -0.121. The maximum absolute atomic E-state index is 12.9. The van der Waals surface area contributed by atoms with Crippen molar-refractivity contribution in [3.05, 3.63) is 65.5 Å². The Morgan fingerprint density at radius 3 is 2.38 bits per heavy atom. The zero-order chi connectivity index (χ0) is 15.2. The van der Waals surface area contributed by atoms with Crippen LogP contribution in [0, 0.1) is 5.82 Å². The van der Waals surface area contributed by atoms with Crippen LogP contribution in [0.2, 0.25) is 0 Å². The Balaban J connectivity index is 1.83. The van der Waals surface area contributed by atoms with Crippen molar-refractivity contribution in [3.8, 4) is 0 Å². The molecule has 3 nitrogen and oxygen atoms in total. The van der Waals surface area contributed by atoms with E-state index in [2.05, 4.69) is 5.32 Å². The van der Waals surface area contributed by atoms with Gasteiger partial charge in [-0.2, -0.15) is 0 Å². The molecule has 0 radical (unpaired) electrons. The van der Waals surface area contributed by atoms with Gasteiger partial charge in [-0.05, 0) is 48.7 Å². The molecule has 0 aromatic heterocycles. The Hall–Kier alpha value is -2.36. The van der Waals surface area contributed by atoms with Crippen molar-refractivity contribution in [1.82, 2.24) is 5.32 Å². The number of carbonyl (C=O) groups excluding carboxylic acids is 1. The van der Waals surface area contributed by atoms with Crippen LogP contribution in [0.5, 0.6) is 0 Å². The molecule has 2 rings (SSSR count). The zero-order valence-corrected chi connectivity index (χ0v) is 12.0. The second-order valence-electron chi connectivity index (χ2n) is 5.08. The van der Waals surface area contributed by atoms with Crippen LogP contribution in [-0.4, -0.2) is 5.91 Å². The van der Waals surface area contributed by atoms with Crippen LogP contribution in [0.3, 0.4) is 0 Å². The van der Waals surface area contributed by atoms with Crippen molar-refractivity contribution in [1.29, 1.82) is 0 Å². The van der Waals surface area contributed by atoms with E-state index in [0.717, 1.165) is 11.1 Å². The van der Waals surface area contributed by atoms with E-state index >= 15 is 0 Å². The number of carbonyl (C=O) groups is 1. The number of nitrogen functional groups attached to an aromatic ring is 1. The molecule has 3 N–H and O–H groups in total. The standard InChI is InChI=1S/C17H19FN2O/c1-12(14-5-7-15(18)8-6-14)20-17(21)11-4-13-2-9-16(19)10-3-13/h2-3,5-10,12H,4,11,19H2,1H3,(H,20,21)/t12-/m0/s1. The van der Waals surface area contributed by atoms with Gasteiger partial charge in [0.2, 0.25) is 5.91 Å². The highest BCUT2D eigenvalue weighted by Crippen LogP contribution is 2.13. The number of nitrogens with two attached hydrogens (primary N) is 1. The van der Waals surface area contributed by atoms with Crippen molar-refractivity contribution >= 4 is 11.6 Å². The third-order valence-electron chi connectivity index (χ3n) is 3.37. The van der Waals surface area contributed by atoms with E-state index in [0.29, 0.717) is 18.5 Å². The Kier molecular flexibility index (Phi) is 4.93. The summed E-state index contributed by atoms with van der Waals surface area (Å²) >= 11 is 0. The second kappa shape index (κ2) is 6.88. The zero-order valence-electron chi connectivity index (χ0n) is 12.0. The van der Waals surface area contributed by atoms with Crippen molar-refractivity contribution < 1.29 is 9.18 Å². The summed E-state index contributed by atoms with van der Waals surface area (Å²) in [5.74, 6) is -0.302. The van der Waals surface area contributed by atoms with Gasteiger partial charge in [-0.3, -0.25) is 4.79 Å². The van der Waals surface area contributed by atoms with Gasteiger partial charge < -0.3 is 11.1 Å². The fraction of sp³-hybridized carbons (Fsp3) is 0.235. The molecule has 110 valence electrons. The first kappa shape index (κ1) is 15.0. The van der Waals surface area contributed by atoms with E-state index in [1.54, 1.807) is 12.1 Å². The topological polar surface area (TPSA) is 55.1 Å². The van der Waals surface area contributed by atoms with E-state index in [4.69, 9.17) is 5.73 Å². The van der Waals surface area contributed by atoms with Gasteiger partial charge in [0.25, 0.3) is 0 Å². The molecule has 1 amide bonds. The Bertz CT molecular complexity index is 593. The molecule has 0 aliphatic heterocycles. The van der Waals surface area contributed by atoms with E-state index in [-0.39, 0.29) is 17.8 Å². The Morgan fingerprint density at radius 2 is 1.76 bits per heavy atom. The number of amides is 1. The van der Waals surface area contributed by atoms with Gasteiger partial charge in [0, 0.05) is 12.1 Å². The van der Waals surface area contributed by atoms with Gasteiger partial charge >= 0.3 is 0 Å². The van der Waals surface area contributed by atoms with Crippen molar-refractivity contribution in [3.63, 3.8) is 0 Å². The summed E-state index contributed by atoms with van der Waals surface area (Å²) in [5.41, 5.74) is 8.30. The van der Waals surface area contributed by atoms with Crippen molar-refractivity contribution in [2.45, 2.75) is 25.8 Å². The van der Waals surface area contributed by atoms with Gasteiger partial charge in [0.15, 0.2) is 0 Å². The molecule has 1 atom stereocenters. The number of hydrogen-bond donors (Lipinski definition) is 2. The molecule has 21 heavy (non-hydrogen) atoms. The molecule has 4 heteroatoms. The van der Waals surface area contributed by atoms with E-state index in [9.17, 15) is 9.18 Å². The molecule has 2 aromatic carbocycles. The average molecular weight is 286 g/mol. The monoisotopic (exact) mass is 286 g/mol. The highest BCUT2D eigenvalue weighted by molar-refractivity contribution is 5.76. The third kappa shape index (κ3) is 4.60. The normalized spacial score (nSPS) is 11.9. The molecule has 0 fully saturated rings. The number of aryl methyl sites for hydroxylation is 1. The second-order valence-corrected chi connectivity index (χ2v) is 5.08. The SMILES string of the molecule is C[C@H](NC(=O)CCc1ccc(N)cc1)c1ccc(F)cc1. The fourth-order valence-electron chi connectivity index (χ4n) is 2.09. The lowest BCUT2D eigenvalue weighted by Gasteiger charge is -2.14. The lowest BCUT2D eigenvalue weighted by Crippen LogP contribution is -2.26. The molecule has 0 heterocycles. The van der Waals surface area contributed by atoms with Crippen LogP contribution in [-0.2, 0) is 11.2 Å². The predicted octanol–water partition coefficient (Wildman–Crippen LogP) is 3.22. The minimum atomic E-state index is -0.277. The predicted molar refractivity (Wildman–Crippen MR) is 82.1 cm³/mol. The lowest BCUT2D eigenvalue weighted by atomic mass is 10.1. The first-order valence-electron chi connectivity index (χ1n) is 6.94. The van der Waals surface area contributed by atoms with Crippen LogP contribution < -0.4 is 11.1 Å². The van der Waals surface area contributed by atoms with E-state index < -0.39 is 0 Å². The maximum Gasteiger partial charge on any atom is 0.220 e. The Labute approximate surface area is 124 Å². The summed E-state index contributed by atoms with van der Waals surface area (Å²) in [7, 11) is 0. The number of nitrogens with one attached hydrogen (secondary N) is 1. The first-order valence-corrected chi connectivity index (χ1v) is 6.94. The molecule has 0 bridgehead atoms. The first-order chi connectivity index (χ1) is 10.0. The fourth-order valence-corrected chi connectivity index (χ4v) is 2.09. The molecule has 0 aliphatic rings. The quantitative estimate of drug-likeness (QED) is 0.829. The number of benzene rings is 2. The van der Waals surface area contributed by atoms with Crippen LogP contribution >= 0.6 is 0 Å².